The van der Waals surface area contributed by atoms with Gasteiger partial charge in [-0.1, -0.05) is 12.8 Å². The third-order valence-electron chi connectivity index (χ3n) is 5.39. The SMILES string of the molecule is CCNC(=NCC1(C(=O)N(C)C)CCCC1)NCCC(=O)N1CCCC1.I. The van der Waals surface area contributed by atoms with Crippen LogP contribution in [0.15, 0.2) is 4.99 Å². The van der Waals surface area contributed by atoms with E-state index in [9.17, 15) is 9.59 Å². The Bertz CT molecular complexity index is 512. The molecule has 7 nitrogen and oxygen atoms in total. The lowest BCUT2D eigenvalue weighted by molar-refractivity contribution is -0.138. The summed E-state index contributed by atoms with van der Waals surface area (Å²) in [4.78, 5) is 33.1. The van der Waals surface area contributed by atoms with Crippen LogP contribution in [0.4, 0.5) is 0 Å². The number of carbonyl (C=O) groups is 2. The summed E-state index contributed by atoms with van der Waals surface area (Å²) in [5, 5.41) is 6.48. The average molecular weight is 493 g/mol. The molecule has 0 aromatic heterocycles. The van der Waals surface area contributed by atoms with Crippen molar-refractivity contribution in [3.63, 3.8) is 0 Å². The molecule has 2 rings (SSSR count). The minimum atomic E-state index is -0.364. The number of hydrogen-bond donors (Lipinski definition) is 2. The number of amides is 2. The van der Waals surface area contributed by atoms with Gasteiger partial charge < -0.3 is 20.4 Å². The molecule has 1 saturated carbocycles. The van der Waals surface area contributed by atoms with Gasteiger partial charge in [0.15, 0.2) is 5.96 Å². The summed E-state index contributed by atoms with van der Waals surface area (Å²) in [7, 11) is 3.64. The highest BCUT2D eigenvalue weighted by Crippen LogP contribution is 2.39. The average Bonchev–Trinajstić information content (AvgIpc) is 3.31. The van der Waals surface area contributed by atoms with E-state index in [-0.39, 0.29) is 41.2 Å². The molecule has 0 unspecified atom stereocenters. The Morgan fingerprint density at radius 2 is 1.70 bits per heavy atom. The number of nitrogens with one attached hydrogen (secondary N) is 2. The number of likely N-dealkylation sites (tertiary alicyclic amines) is 1. The van der Waals surface area contributed by atoms with Crippen LogP contribution in [0.3, 0.4) is 0 Å². The Balaban J connectivity index is 0.00000364. The number of carbonyl (C=O) groups excluding carboxylic acids is 2. The fourth-order valence-electron chi connectivity index (χ4n) is 3.95. The standard InChI is InChI=1S/C19H35N5O2.HI/c1-4-20-18(21-12-9-16(25)24-13-7-8-14-24)22-15-19(10-5-6-11-19)17(26)23(2)3;/h4-15H2,1-3H3,(H2,20,21,22);1H. The van der Waals surface area contributed by atoms with Crippen LogP contribution in [0.25, 0.3) is 0 Å². The molecule has 156 valence electrons. The molecule has 1 aliphatic heterocycles. The van der Waals surface area contributed by atoms with E-state index in [4.69, 9.17) is 0 Å². The Hall–Kier alpha value is -1.06. The number of rotatable bonds is 7. The molecule has 0 atom stereocenters. The summed E-state index contributed by atoms with van der Waals surface area (Å²) in [6.07, 6.45) is 6.69. The molecular weight excluding hydrogens is 457 g/mol. The van der Waals surface area contributed by atoms with E-state index in [0.29, 0.717) is 25.5 Å². The normalized spacial score (nSPS) is 18.8. The third-order valence-corrected chi connectivity index (χ3v) is 5.39. The van der Waals surface area contributed by atoms with Gasteiger partial charge in [-0.05, 0) is 32.6 Å². The maximum atomic E-state index is 12.7. The molecule has 1 aliphatic carbocycles. The van der Waals surface area contributed by atoms with Crippen molar-refractivity contribution in [2.24, 2.45) is 10.4 Å². The van der Waals surface area contributed by atoms with Gasteiger partial charge in [-0.2, -0.15) is 0 Å². The number of aliphatic imine (C=N–C) groups is 1. The van der Waals surface area contributed by atoms with Crippen LogP contribution < -0.4 is 10.6 Å². The summed E-state index contributed by atoms with van der Waals surface area (Å²) >= 11 is 0. The van der Waals surface area contributed by atoms with Crippen molar-refractivity contribution in [2.45, 2.75) is 51.9 Å². The van der Waals surface area contributed by atoms with Crippen molar-refractivity contribution in [3.05, 3.63) is 0 Å². The highest BCUT2D eigenvalue weighted by molar-refractivity contribution is 14.0. The lowest BCUT2D eigenvalue weighted by Crippen LogP contribution is -2.43. The lowest BCUT2D eigenvalue weighted by atomic mass is 9.85. The first-order valence-electron chi connectivity index (χ1n) is 10.0. The summed E-state index contributed by atoms with van der Waals surface area (Å²) in [5.74, 6) is 1.08. The lowest BCUT2D eigenvalue weighted by Gasteiger charge is -2.29. The van der Waals surface area contributed by atoms with E-state index >= 15 is 0 Å². The van der Waals surface area contributed by atoms with E-state index in [1.54, 1.807) is 4.90 Å². The first kappa shape index (κ1) is 24.0. The molecule has 0 aromatic carbocycles. The van der Waals surface area contributed by atoms with E-state index in [0.717, 1.165) is 58.2 Å². The zero-order valence-electron chi connectivity index (χ0n) is 17.1. The van der Waals surface area contributed by atoms with Crippen molar-refractivity contribution in [1.29, 1.82) is 0 Å². The quantitative estimate of drug-likeness (QED) is 0.322. The molecule has 0 aromatic rings. The molecule has 27 heavy (non-hydrogen) atoms. The van der Waals surface area contributed by atoms with Gasteiger partial charge in [0.2, 0.25) is 11.8 Å². The van der Waals surface area contributed by atoms with Gasteiger partial charge in [0.05, 0.1) is 12.0 Å². The first-order valence-corrected chi connectivity index (χ1v) is 10.0. The minimum Gasteiger partial charge on any atom is -0.357 e. The Morgan fingerprint density at radius 3 is 2.26 bits per heavy atom. The zero-order valence-corrected chi connectivity index (χ0v) is 19.4. The second kappa shape index (κ2) is 11.7. The van der Waals surface area contributed by atoms with Crippen molar-refractivity contribution >= 4 is 41.8 Å². The molecule has 2 amide bonds. The van der Waals surface area contributed by atoms with Gasteiger partial charge in [0, 0.05) is 46.7 Å². The van der Waals surface area contributed by atoms with E-state index in [2.05, 4.69) is 15.6 Å². The van der Waals surface area contributed by atoms with Crippen LogP contribution in [-0.2, 0) is 9.59 Å². The maximum absolute atomic E-state index is 12.7. The van der Waals surface area contributed by atoms with Gasteiger partial charge in [-0.15, -0.1) is 24.0 Å². The Kier molecular flexibility index (Phi) is 10.4. The smallest absolute Gasteiger partial charge is 0.230 e. The van der Waals surface area contributed by atoms with Gasteiger partial charge in [0.1, 0.15) is 0 Å². The highest BCUT2D eigenvalue weighted by Gasteiger charge is 2.42. The minimum absolute atomic E-state index is 0. The zero-order chi connectivity index (χ0) is 19.0. The largest absolute Gasteiger partial charge is 0.357 e. The first-order chi connectivity index (χ1) is 12.5. The van der Waals surface area contributed by atoms with Gasteiger partial charge >= 0.3 is 0 Å². The molecular formula is C19H36IN5O2. The van der Waals surface area contributed by atoms with Crippen LogP contribution in [0.5, 0.6) is 0 Å². The van der Waals surface area contributed by atoms with Crippen LogP contribution in [0, 0.1) is 5.41 Å². The monoisotopic (exact) mass is 493 g/mol. The fourth-order valence-corrected chi connectivity index (χ4v) is 3.95. The molecule has 1 saturated heterocycles. The number of halogens is 1. The summed E-state index contributed by atoms with van der Waals surface area (Å²) in [5.41, 5.74) is -0.364. The van der Waals surface area contributed by atoms with Crippen LogP contribution in [-0.4, -0.2) is 74.4 Å². The van der Waals surface area contributed by atoms with Crippen molar-refractivity contribution < 1.29 is 9.59 Å². The van der Waals surface area contributed by atoms with Crippen LogP contribution >= 0.6 is 24.0 Å². The van der Waals surface area contributed by atoms with Crippen molar-refractivity contribution in [2.75, 3.05) is 46.8 Å². The second-order valence-corrected chi connectivity index (χ2v) is 7.65. The molecule has 2 N–H and O–H groups in total. The highest BCUT2D eigenvalue weighted by atomic mass is 127. The summed E-state index contributed by atoms with van der Waals surface area (Å²) < 4.78 is 0. The predicted octanol–water partition coefficient (Wildman–Crippen LogP) is 1.82. The fraction of sp³-hybridized carbons (Fsp3) is 0.842. The molecule has 0 radical (unpaired) electrons. The van der Waals surface area contributed by atoms with Crippen molar-refractivity contribution in [1.82, 2.24) is 20.4 Å². The van der Waals surface area contributed by atoms with Gasteiger partial charge in [-0.25, -0.2) is 0 Å². The molecule has 2 aliphatic rings. The number of nitrogens with zero attached hydrogens (tertiary/aromatic N) is 3. The Labute approximate surface area is 180 Å². The third kappa shape index (κ3) is 6.80. The van der Waals surface area contributed by atoms with Gasteiger partial charge in [0.25, 0.3) is 0 Å². The number of guanidine groups is 1. The van der Waals surface area contributed by atoms with Crippen LogP contribution in [0.1, 0.15) is 51.9 Å². The number of hydrogen-bond acceptors (Lipinski definition) is 3. The molecule has 0 spiro atoms. The maximum Gasteiger partial charge on any atom is 0.230 e. The molecule has 8 heteroatoms. The topological polar surface area (TPSA) is 77.0 Å². The van der Waals surface area contributed by atoms with Crippen LogP contribution in [0.2, 0.25) is 0 Å². The molecule has 0 bridgehead atoms. The van der Waals surface area contributed by atoms with E-state index in [1.165, 1.54) is 0 Å². The van der Waals surface area contributed by atoms with E-state index < -0.39 is 0 Å². The van der Waals surface area contributed by atoms with Gasteiger partial charge in [-0.3, -0.25) is 14.6 Å². The molecule has 1 heterocycles. The molecule has 2 fully saturated rings. The second-order valence-electron chi connectivity index (χ2n) is 7.65. The van der Waals surface area contributed by atoms with E-state index in [1.807, 2.05) is 25.9 Å². The van der Waals surface area contributed by atoms with Crippen molar-refractivity contribution in [3.8, 4) is 0 Å². The summed E-state index contributed by atoms with van der Waals surface area (Å²) in [6, 6.07) is 0. The summed E-state index contributed by atoms with van der Waals surface area (Å²) in [6.45, 7) is 5.61. The Morgan fingerprint density at radius 1 is 1.07 bits per heavy atom. The predicted molar refractivity (Wildman–Crippen MR) is 119 cm³/mol.